The summed E-state index contributed by atoms with van der Waals surface area (Å²) in [5.41, 5.74) is 0. The Labute approximate surface area is 154 Å². The van der Waals surface area contributed by atoms with E-state index in [1.165, 1.54) is 30.6 Å². The summed E-state index contributed by atoms with van der Waals surface area (Å²) >= 11 is 1.57. The molecule has 140 valence electrons. The molecular formula is C19H30N2O3S. The van der Waals surface area contributed by atoms with E-state index < -0.39 is 18.1 Å². The van der Waals surface area contributed by atoms with E-state index in [9.17, 15) is 15.0 Å². The van der Waals surface area contributed by atoms with Crippen LogP contribution >= 0.6 is 11.3 Å². The molecule has 0 saturated carbocycles. The molecule has 1 aromatic heterocycles. The Bertz CT molecular complexity index is 549. The van der Waals surface area contributed by atoms with Gasteiger partial charge in [-0.2, -0.15) is 0 Å². The molecule has 0 aliphatic carbocycles. The Morgan fingerprint density at radius 2 is 1.96 bits per heavy atom. The molecule has 2 aliphatic rings. The van der Waals surface area contributed by atoms with Crippen molar-refractivity contribution >= 4 is 17.3 Å². The summed E-state index contributed by atoms with van der Waals surface area (Å²) in [6.45, 7) is 2.61. The van der Waals surface area contributed by atoms with Crippen molar-refractivity contribution in [3.05, 3.63) is 21.9 Å². The van der Waals surface area contributed by atoms with Crippen LogP contribution in [0.3, 0.4) is 0 Å². The quantitative estimate of drug-likeness (QED) is 0.722. The minimum Gasteiger partial charge on any atom is -0.480 e. The number of hydrogen-bond donors (Lipinski definition) is 3. The van der Waals surface area contributed by atoms with Gasteiger partial charge in [0.25, 0.3) is 0 Å². The van der Waals surface area contributed by atoms with Gasteiger partial charge in [-0.15, -0.1) is 11.3 Å². The van der Waals surface area contributed by atoms with E-state index in [0.29, 0.717) is 6.04 Å². The molecule has 0 amide bonds. The van der Waals surface area contributed by atoms with Gasteiger partial charge in [-0.05, 0) is 63.9 Å². The predicted molar refractivity (Wildman–Crippen MR) is 100 cm³/mol. The molecule has 1 aromatic rings. The van der Waals surface area contributed by atoms with Gasteiger partial charge in [-0.25, -0.2) is 0 Å². The van der Waals surface area contributed by atoms with E-state index in [4.69, 9.17) is 0 Å². The van der Waals surface area contributed by atoms with Crippen LogP contribution in [0.25, 0.3) is 0 Å². The molecule has 2 aliphatic heterocycles. The number of thiophene rings is 1. The van der Waals surface area contributed by atoms with Crippen molar-refractivity contribution in [3.63, 3.8) is 0 Å². The molecule has 5 nitrogen and oxygen atoms in total. The lowest BCUT2D eigenvalue weighted by molar-refractivity contribution is -0.148. The second kappa shape index (κ2) is 9.12. The van der Waals surface area contributed by atoms with Gasteiger partial charge < -0.3 is 15.5 Å². The summed E-state index contributed by atoms with van der Waals surface area (Å²) < 4.78 is 0. The Hall–Kier alpha value is -0.950. The van der Waals surface area contributed by atoms with E-state index in [1.54, 1.807) is 11.3 Å². The first-order valence-corrected chi connectivity index (χ1v) is 10.4. The smallest absolute Gasteiger partial charge is 0.324 e. The number of piperidine rings is 1. The lowest BCUT2D eigenvalue weighted by Gasteiger charge is -2.34. The first-order valence-electron chi connectivity index (χ1n) is 9.62. The van der Waals surface area contributed by atoms with E-state index in [0.717, 1.165) is 50.2 Å². The highest BCUT2D eigenvalue weighted by molar-refractivity contribution is 7.12. The fourth-order valence-corrected chi connectivity index (χ4v) is 5.13. The van der Waals surface area contributed by atoms with Crippen molar-refractivity contribution in [1.29, 1.82) is 0 Å². The molecule has 2 fully saturated rings. The first kappa shape index (κ1) is 18.8. The Morgan fingerprint density at radius 3 is 2.72 bits per heavy atom. The number of nitrogens with one attached hydrogen (secondary N) is 1. The summed E-state index contributed by atoms with van der Waals surface area (Å²) in [6.07, 6.45) is 8.22. The van der Waals surface area contributed by atoms with Crippen LogP contribution in [0.1, 0.15) is 60.8 Å². The largest absolute Gasteiger partial charge is 0.480 e. The van der Waals surface area contributed by atoms with Gasteiger partial charge in [0, 0.05) is 15.8 Å². The maximum Gasteiger partial charge on any atom is 0.324 e. The summed E-state index contributed by atoms with van der Waals surface area (Å²) in [4.78, 5) is 15.7. The normalized spacial score (nSPS) is 25.2. The van der Waals surface area contributed by atoms with Crippen LogP contribution in [0.15, 0.2) is 12.1 Å². The molecule has 3 unspecified atom stereocenters. The second-order valence-electron chi connectivity index (χ2n) is 7.33. The Kier molecular flexibility index (Phi) is 6.87. The summed E-state index contributed by atoms with van der Waals surface area (Å²) in [5.74, 6) is -0.921. The van der Waals surface area contributed by atoms with Crippen LogP contribution in [0.4, 0.5) is 0 Å². The number of carbonyl (C=O) groups is 1. The topological polar surface area (TPSA) is 72.8 Å². The molecule has 0 spiro atoms. The molecule has 0 bridgehead atoms. The number of rotatable bonds is 6. The zero-order chi connectivity index (χ0) is 17.6. The summed E-state index contributed by atoms with van der Waals surface area (Å²) in [6, 6.07) is 3.65. The number of aliphatic carboxylic acids is 1. The number of carboxylic acids is 1. The number of hydrogen-bond acceptors (Lipinski definition) is 5. The van der Waals surface area contributed by atoms with Crippen molar-refractivity contribution in [3.8, 4) is 0 Å². The molecule has 0 aromatic carbocycles. The van der Waals surface area contributed by atoms with Gasteiger partial charge in [0.1, 0.15) is 12.1 Å². The number of aliphatic hydroxyl groups excluding tert-OH is 1. The van der Waals surface area contributed by atoms with Crippen molar-refractivity contribution in [2.24, 2.45) is 0 Å². The third-order valence-electron chi connectivity index (χ3n) is 5.42. The van der Waals surface area contributed by atoms with E-state index in [1.807, 2.05) is 11.0 Å². The average Bonchev–Trinajstić information content (AvgIpc) is 2.91. The van der Waals surface area contributed by atoms with Gasteiger partial charge in [0.2, 0.25) is 0 Å². The first-order chi connectivity index (χ1) is 12.1. The minimum atomic E-state index is -0.948. The van der Waals surface area contributed by atoms with Crippen molar-refractivity contribution < 1.29 is 15.0 Å². The number of nitrogens with zero attached hydrogens (tertiary/aromatic N) is 1. The summed E-state index contributed by atoms with van der Waals surface area (Å²) in [5, 5.41) is 24.0. The van der Waals surface area contributed by atoms with Gasteiger partial charge in [0.05, 0.1) is 0 Å². The number of carboxylic acid groups (broad SMARTS) is 1. The lowest BCUT2D eigenvalue weighted by atomic mass is 10.0. The van der Waals surface area contributed by atoms with Gasteiger partial charge in [-0.1, -0.05) is 19.3 Å². The minimum absolute atomic E-state index is 0.503. The maximum atomic E-state index is 11.8. The molecule has 2 saturated heterocycles. The van der Waals surface area contributed by atoms with E-state index in [-0.39, 0.29) is 0 Å². The molecule has 3 atom stereocenters. The highest BCUT2D eigenvalue weighted by Gasteiger charge is 2.35. The van der Waals surface area contributed by atoms with Crippen molar-refractivity contribution in [2.45, 2.75) is 69.6 Å². The summed E-state index contributed by atoms with van der Waals surface area (Å²) in [7, 11) is 0. The number of likely N-dealkylation sites (tertiary alicyclic amines) is 1. The predicted octanol–water partition coefficient (Wildman–Crippen LogP) is 2.80. The molecule has 6 heteroatoms. The molecule has 25 heavy (non-hydrogen) atoms. The van der Waals surface area contributed by atoms with E-state index >= 15 is 0 Å². The highest BCUT2D eigenvalue weighted by Crippen LogP contribution is 2.30. The molecule has 3 rings (SSSR count). The van der Waals surface area contributed by atoms with Gasteiger partial charge in [-0.3, -0.25) is 9.69 Å². The Balaban J connectivity index is 1.65. The second-order valence-corrected chi connectivity index (χ2v) is 8.53. The average molecular weight is 367 g/mol. The fraction of sp³-hybridized carbons (Fsp3) is 0.737. The lowest BCUT2D eigenvalue weighted by Crippen LogP contribution is -2.47. The van der Waals surface area contributed by atoms with Crippen LogP contribution in [0.2, 0.25) is 0 Å². The molecule has 3 N–H and O–H groups in total. The maximum absolute atomic E-state index is 11.8. The third kappa shape index (κ3) is 5.03. The fourth-order valence-electron chi connectivity index (χ4n) is 4.02. The van der Waals surface area contributed by atoms with Gasteiger partial charge in [0.15, 0.2) is 0 Å². The zero-order valence-electron chi connectivity index (χ0n) is 14.8. The van der Waals surface area contributed by atoms with Crippen molar-refractivity contribution in [2.75, 3.05) is 19.6 Å². The zero-order valence-corrected chi connectivity index (χ0v) is 15.6. The monoisotopic (exact) mass is 366 g/mol. The van der Waals surface area contributed by atoms with Crippen LogP contribution in [-0.4, -0.2) is 52.8 Å². The van der Waals surface area contributed by atoms with E-state index in [2.05, 4.69) is 11.4 Å². The van der Waals surface area contributed by atoms with Crippen LogP contribution in [0, 0.1) is 0 Å². The van der Waals surface area contributed by atoms with Gasteiger partial charge >= 0.3 is 5.97 Å². The highest BCUT2D eigenvalue weighted by atomic mass is 32.1. The van der Waals surface area contributed by atoms with Crippen molar-refractivity contribution in [1.82, 2.24) is 10.2 Å². The SMILES string of the molecule is O=C(O)C(C(O)c1ccc(CC2CCCCCN2)s1)N1CCCCC1. The molecule has 0 radical (unpaired) electrons. The third-order valence-corrected chi connectivity index (χ3v) is 6.60. The Morgan fingerprint density at radius 1 is 1.20 bits per heavy atom. The van der Waals surface area contributed by atoms with Crippen LogP contribution < -0.4 is 5.32 Å². The van der Waals surface area contributed by atoms with Crippen LogP contribution in [-0.2, 0) is 11.2 Å². The van der Waals surface area contributed by atoms with Crippen LogP contribution in [0.5, 0.6) is 0 Å². The standard InChI is InChI=1S/C19H30N2O3S/c22-18(17(19(23)24)21-11-5-2-6-12-21)16-9-8-15(25-16)13-14-7-3-1-4-10-20-14/h8-9,14,17-18,20,22H,1-7,10-13H2,(H,23,24). The number of aliphatic hydroxyl groups is 1. The molecule has 3 heterocycles. The molecular weight excluding hydrogens is 336 g/mol.